The van der Waals surface area contributed by atoms with Gasteiger partial charge in [0, 0.05) is 39.1 Å². The van der Waals surface area contributed by atoms with E-state index in [1.165, 1.54) is 0 Å². The molecule has 0 aromatic heterocycles. The Morgan fingerprint density at radius 2 is 1.95 bits per heavy atom. The number of carbonyl (C=O) groups excluding carboxylic acids is 1. The standard InChI is InChI=1S/C12H19F3N2O3/c13-12(14,15)11(1-4-16-8-11)9(18)17-7-10(19)2-5-20-6-3-10/h16,19H,1-8H2,(H,17,18). The van der Waals surface area contributed by atoms with E-state index >= 15 is 0 Å². The lowest BCUT2D eigenvalue weighted by atomic mass is 9.84. The van der Waals surface area contributed by atoms with Gasteiger partial charge >= 0.3 is 6.18 Å². The van der Waals surface area contributed by atoms with Crippen LogP contribution in [0.4, 0.5) is 13.2 Å². The minimum absolute atomic E-state index is 0.158. The van der Waals surface area contributed by atoms with Gasteiger partial charge in [-0.3, -0.25) is 4.79 Å². The average Bonchev–Trinajstić information content (AvgIpc) is 2.87. The van der Waals surface area contributed by atoms with Gasteiger partial charge in [-0.1, -0.05) is 0 Å². The zero-order valence-corrected chi connectivity index (χ0v) is 11.1. The van der Waals surface area contributed by atoms with Gasteiger partial charge in [0.1, 0.15) is 0 Å². The molecule has 8 heteroatoms. The van der Waals surface area contributed by atoms with Crippen molar-refractivity contribution < 1.29 is 27.8 Å². The number of halogens is 3. The quantitative estimate of drug-likeness (QED) is 0.695. The van der Waals surface area contributed by atoms with Crippen LogP contribution in [0.2, 0.25) is 0 Å². The molecule has 2 aliphatic rings. The minimum Gasteiger partial charge on any atom is -0.388 e. The van der Waals surface area contributed by atoms with E-state index in [2.05, 4.69) is 10.6 Å². The summed E-state index contributed by atoms with van der Waals surface area (Å²) in [4.78, 5) is 12.0. The Morgan fingerprint density at radius 3 is 2.45 bits per heavy atom. The van der Waals surface area contributed by atoms with E-state index in [1.54, 1.807) is 0 Å². The number of amides is 1. The predicted molar refractivity (Wildman–Crippen MR) is 64.0 cm³/mol. The van der Waals surface area contributed by atoms with Gasteiger partial charge in [0.05, 0.1) is 5.60 Å². The highest BCUT2D eigenvalue weighted by molar-refractivity contribution is 5.84. The molecule has 2 fully saturated rings. The van der Waals surface area contributed by atoms with Crippen molar-refractivity contribution >= 4 is 5.91 Å². The zero-order valence-electron chi connectivity index (χ0n) is 11.1. The maximum atomic E-state index is 13.1. The summed E-state index contributed by atoms with van der Waals surface area (Å²) in [5.74, 6) is -1.06. The molecule has 0 saturated carbocycles. The highest BCUT2D eigenvalue weighted by Crippen LogP contribution is 2.43. The first-order valence-corrected chi connectivity index (χ1v) is 6.65. The van der Waals surface area contributed by atoms with Crippen molar-refractivity contribution in [1.29, 1.82) is 0 Å². The first-order valence-electron chi connectivity index (χ1n) is 6.65. The van der Waals surface area contributed by atoms with Crippen LogP contribution in [0.5, 0.6) is 0 Å². The fourth-order valence-corrected chi connectivity index (χ4v) is 2.60. The van der Waals surface area contributed by atoms with Crippen molar-refractivity contribution in [2.24, 2.45) is 5.41 Å². The van der Waals surface area contributed by atoms with Crippen LogP contribution in [0.1, 0.15) is 19.3 Å². The molecule has 1 amide bonds. The van der Waals surface area contributed by atoms with Crippen LogP contribution < -0.4 is 10.6 Å². The van der Waals surface area contributed by atoms with E-state index in [9.17, 15) is 23.1 Å². The first-order chi connectivity index (χ1) is 9.29. The van der Waals surface area contributed by atoms with Crippen molar-refractivity contribution in [2.45, 2.75) is 31.0 Å². The third kappa shape index (κ3) is 2.91. The highest BCUT2D eigenvalue weighted by Gasteiger charge is 2.61. The number of aliphatic hydroxyl groups is 1. The molecule has 0 aromatic carbocycles. The number of carbonyl (C=O) groups is 1. The summed E-state index contributed by atoms with van der Waals surface area (Å²) < 4.78 is 44.5. The van der Waals surface area contributed by atoms with Gasteiger partial charge in [-0.2, -0.15) is 13.2 Å². The van der Waals surface area contributed by atoms with Crippen molar-refractivity contribution in [3.8, 4) is 0 Å². The molecule has 2 saturated heterocycles. The lowest BCUT2D eigenvalue weighted by molar-refractivity contribution is -0.216. The Bertz CT molecular complexity index is 361. The molecule has 3 N–H and O–H groups in total. The molecule has 0 spiro atoms. The average molecular weight is 296 g/mol. The molecular weight excluding hydrogens is 277 g/mol. The maximum Gasteiger partial charge on any atom is 0.404 e. The summed E-state index contributed by atoms with van der Waals surface area (Å²) in [6.45, 7) is 0.263. The smallest absolute Gasteiger partial charge is 0.388 e. The van der Waals surface area contributed by atoms with Crippen molar-refractivity contribution in [1.82, 2.24) is 10.6 Å². The second kappa shape index (κ2) is 5.50. The van der Waals surface area contributed by atoms with Gasteiger partial charge in [-0.15, -0.1) is 0 Å². The molecule has 1 unspecified atom stereocenters. The molecule has 20 heavy (non-hydrogen) atoms. The molecule has 0 bridgehead atoms. The van der Waals surface area contributed by atoms with E-state index in [4.69, 9.17) is 4.74 Å². The van der Waals surface area contributed by atoms with Crippen LogP contribution >= 0.6 is 0 Å². The zero-order chi connectivity index (χ0) is 14.9. The van der Waals surface area contributed by atoms with Crippen LogP contribution in [0.15, 0.2) is 0 Å². The van der Waals surface area contributed by atoms with Gasteiger partial charge in [0.25, 0.3) is 0 Å². The van der Waals surface area contributed by atoms with Crippen LogP contribution in [0.25, 0.3) is 0 Å². The monoisotopic (exact) mass is 296 g/mol. The summed E-state index contributed by atoms with van der Waals surface area (Å²) in [6, 6.07) is 0. The summed E-state index contributed by atoms with van der Waals surface area (Å²) in [7, 11) is 0. The first kappa shape index (κ1) is 15.5. The molecule has 0 aliphatic carbocycles. The van der Waals surface area contributed by atoms with E-state index < -0.39 is 29.6 Å². The number of hydrogen-bond acceptors (Lipinski definition) is 4. The summed E-state index contributed by atoms with van der Waals surface area (Å²) in [6.07, 6.45) is -4.25. The van der Waals surface area contributed by atoms with Gasteiger partial charge in [0.15, 0.2) is 5.41 Å². The summed E-state index contributed by atoms with van der Waals surface area (Å²) in [5, 5.41) is 15.0. The van der Waals surface area contributed by atoms with Crippen LogP contribution in [0.3, 0.4) is 0 Å². The minimum atomic E-state index is -4.60. The fourth-order valence-electron chi connectivity index (χ4n) is 2.60. The lowest BCUT2D eigenvalue weighted by Gasteiger charge is -2.34. The topological polar surface area (TPSA) is 70.6 Å². The second-order valence-electron chi connectivity index (χ2n) is 5.53. The SMILES string of the molecule is O=C(NCC1(O)CCOCC1)C1(C(F)(F)F)CCNC1. The van der Waals surface area contributed by atoms with Crippen LogP contribution in [0, 0.1) is 5.41 Å². The van der Waals surface area contributed by atoms with Gasteiger partial charge in [0.2, 0.25) is 5.91 Å². The Balaban J connectivity index is 1.99. The molecule has 2 rings (SSSR count). The van der Waals surface area contributed by atoms with Crippen LogP contribution in [-0.2, 0) is 9.53 Å². The molecule has 2 aliphatic heterocycles. The molecule has 0 aromatic rings. The van der Waals surface area contributed by atoms with Crippen molar-refractivity contribution in [3.63, 3.8) is 0 Å². The number of rotatable bonds is 3. The third-order valence-corrected chi connectivity index (χ3v) is 4.13. The van der Waals surface area contributed by atoms with Crippen molar-refractivity contribution in [2.75, 3.05) is 32.8 Å². The maximum absolute atomic E-state index is 13.1. The Hall–Kier alpha value is -0.860. The molecule has 116 valence electrons. The van der Waals surface area contributed by atoms with E-state index in [0.717, 1.165) is 0 Å². The highest BCUT2D eigenvalue weighted by atomic mass is 19.4. The molecule has 0 radical (unpaired) electrons. The lowest BCUT2D eigenvalue weighted by Crippen LogP contribution is -2.55. The number of alkyl halides is 3. The molecule has 1 atom stereocenters. The van der Waals surface area contributed by atoms with E-state index in [0.29, 0.717) is 26.1 Å². The van der Waals surface area contributed by atoms with Gasteiger partial charge in [-0.25, -0.2) is 0 Å². The largest absolute Gasteiger partial charge is 0.404 e. The Labute approximate surface area is 114 Å². The predicted octanol–water partition coefficient (Wildman–Crippen LogP) is 0.186. The number of ether oxygens (including phenoxy) is 1. The van der Waals surface area contributed by atoms with Crippen LogP contribution in [-0.4, -0.2) is 55.6 Å². The van der Waals surface area contributed by atoms with E-state index in [-0.39, 0.29) is 19.5 Å². The number of hydrogen-bond donors (Lipinski definition) is 3. The summed E-state index contributed by atoms with van der Waals surface area (Å²) in [5.41, 5.74) is -3.55. The van der Waals surface area contributed by atoms with Crippen molar-refractivity contribution in [3.05, 3.63) is 0 Å². The second-order valence-corrected chi connectivity index (χ2v) is 5.53. The van der Waals surface area contributed by atoms with Gasteiger partial charge < -0.3 is 20.5 Å². The Kier molecular flexibility index (Phi) is 4.27. The summed E-state index contributed by atoms with van der Waals surface area (Å²) >= 11 is 0. The molecule has 5 nitrogen and oxygen atoms in total. The molecular formula is C12H19F3N2O3. The fraction of sp³-hybridized carbons (Fsp3) is 0.917. The normalized spacial score (nSPS) is 30.2. The van der Waals surface area contributed by atoms with Gasteiger partial charge in [-0.05, 0) is 13.0 Å². The van der Waals surface area contributed by atoms with E-state index in [1.807, 2.05) is 0 Å². The Morgan fingerprint density at radius 1 is 1.30 bits per heavy atom. The number of nitrogens with one attached hydrogen (secondary N) is 2. The third-order valence-electron chi connectivity index (χ3n) is 4.13. The molecule has 2 heterocycles.